The van der Waals surface area contributed by atoms with Crippen LogP contribution in [0, 0.1) is 0 Å². The second-order valence-corrected chi connectivity index (χ2v) is 5.04. The van der Waals surface area contributed by atoms with E-state index in [0.29, 0.717) is 6.61 Å². The van der Waals surface area contributed by atoms with Crippen molar-refractivity contribution in [2.24, 2.45) is 5.73 Å². The van der Waals surface area contributed by atoms with Crippen LogP contribution in [0.2, 0.25) is 0 Å². The van der Waals surface area contributed by atoms with Gasteiger partial charge in [0, 0.05) is 34.0 Å². The van der Waals surface area contributed by atoms with Crippen molar-refractivity contribution in [1.29, 1.82) is 0 Å². The smallest absolute Gasteiger partial charge is 0.125 e. The Bertz CT molecular complexity index is 514. The van der Waals surface area contributed by atoms with Gasteiger partial charge in [0.25, 0.3) is 0 Å². The van der Waals surface area contributed by atoms with Gasteiger partial charge in [0.1, 0.15) is 12.4 Å². The molecule has 1 aromatic heterocycles. The average Bonchev–Trinajstić information content (AvgIpc) is 2.37. The van der Waals surface area contributed by atoms with Gasteiger partial charge in [-0.2, -0.15) is 0 Å². The van der Waals surface area contributed by atoms with E-state index in [1.807, 2.05) is 37.3 Å². The van der Waals surface area contributed by atoms with Gasteiger partial charge in [-0.25, -0.2) is 0 Å². The molecule has 0 fully saturated rings. The summed E-state index contributed by atoms with van der Waals surface area (Å²) >= 11 is 3.44. The average molecular weight is 307 g/mol. The Morgan fingerprint density at radius 2 is 2.22 bits per heavy atom. The molecule has 2 N–H and O–H groups in total. The number of hydrogen-bond donors (Lipinski definition) is 1. The minimum Gasteiger partial charge on any atom is -0.488 e. The Hall–Kier alpha value is -1.39. The molecular weight excluding hydrogens is 292 g/mol. The molecule has 0 bridgehead atoms. The summed E-state index contributed by atoms with van der Waals surface area (Å²) < 4.78 is 6.80. The minimum atomic E-state index is -0.0537. The highest BCUT2D eigenvalue weighted by atomic mass is 79.9. The fraction of sp³-hybridized carbons (Fsp3) is 0.214. The quantitative estimate of drug-likeness (QED) is 0.941. The van der Waals surface area contributed by atoms with Crippen LogP contribution < -0.4 is 10.5 Å². The van der Waals surface area contributed by atoms with E-state index in [-0.39, 0.29) is 6.04 Å². The summed E-state index contributed by atoms with van der Waals surface area (Å²) in [5.41, 5.74) is 7.96. The molecule has 18 heavy (non-hydrogen) atoms. The predicted octanol–water partition coefficient (Wildman–Crippen LogP) is 3.44. The molecule has 0 radical (unpaired) electrons. The van der Waals surface area contributed by atoms with Crippen LogP contribution in [0.1, 0.15) is 24.1 Å². The Morgan fingerprint density at radius 1 is 1.39 bits per heavy atom. The second-order valence-electron chi connectivity index (χ2n) is 4.12. The van der Waals surface area contributed by atoms with E-state index >= 15 is 0 Å². The number of rotatable bonds is 4. The Morgan fingerprint density at radius 3 is 2.89 bits per heavy atom. The maximum absolute atomic E-state index is 5.93. The largest absolute Gasteiger partial charge is 0.488 e. The number of hydrogen-bond acceptors (Lipinski definition) is 3. The Kier molecular flexibility index (Phi) is 4.33. The van der Waals surface area contributed by atoms with Gasteiger partial charge in [-0.15, -0.1) is 0 Å². The SMILES string of the molecule is C[C@H](N)c1ccc(Br)cc1OCc1cccnc1. The number of nitrogens with zero attached hydrogens (tertiary/aromatic N) is 1. The highest BCUT2D eigenvalue weighted by Gasteiger charge is 2.08. The van der Waals surface area contributed by atoms with Crippen molar-refractivity contribution < 1.29 is 4.74 Å². The molecule has 1 heterocycles. The van der Waals surface area contributed by atoms with Crippen molar-refractivity contribution >= 4 is 15.9 Å². The fourth-order valence-corrected chi connectivity index (χ4v) is 1.99. The topological polar surface area (TPSA) is 48.1 Å². The molecule has 2 aromatic rings. The van der Waals surface area contributed by atoms with Crippen LogP contribution in [0.5, 0.6) is 5.75 Å². The standard InChI is InChI=1S/C14H15BrN2O/c1-10(16)13-5-4-12(15)7-14(13)18-9-11-3-2-6-17-8-11/h2-8,10H,9,16H2,1H3/t10-/m0/s1. The van der Waals surface area contributed by atoms with Gasteiger partial charge in [-0.1, -0.05) is 28.1 Å². The molecule has 0 aliphatic rings. The van der Waals surface area contributed by atoms with Crippen LogP contribution in [-0.4, -0.2) is 4.98 Å². The monoisotopic (exact) mass is 306 g/mol. The van der Waals surface area contributed by atoms with Crippen molar-refractivity contribution in [2.75, 3.05) is 0 Å². The molecule has 1 atom stereocenters. The van der Waals surface area contributed by atoms with Gasteiger partial charge in [-0.05, 0) is 25.1 Å². The second kappa shape index (κ2) is 5.98. The first-order valence-electron chi connectivity index (χ1n) is 5.73. The Labute approximate surface area is 115 Å². The maximum atomic E-state index is 5.93. The summed E-state index contributed by atoms with van der Waals surface area (Å²) in [5.74, 6) is 0.809. The lowest BCUT2D eigenvalue weighted by Crippen LogP contribution is -2.08. The molecule has 0 aliphatic heterocycles. The molecule has 0 amide bonds. The van der Waals surface area contributed by atoms with E-state index in [2.05, 4.69) is 20.9 Å². The van der Waals surface area contributed by atoms with Crippen LogP contribution in [0.25, 0.3) is 0 Å². The lowest BCUT2D eigenvalue weighted by Gasteiger charge is -2.14. The summed E-state index contributed by atoms with van der Waals surface area (Å²) in [7, 11) is 0. The van der Waals surface area contributed by atoms with E-state index in [1.165, 1.54) is 0 Å². The number of pyridine rings is 1. The maximum Gasteiger partial charge on any atom is 0.125 e. The minimum absolute atomic E-state index is 0.0537. The predicted molar refractivity (Wildman–Crippen MR) is 75.3 cm³/mol. The van der Waals surface area contributed by atoms with E-state index in [1.54, 1.807) is 12.4 Å². The number of benzene rings is 1. The zero-order valence-electron chi connectivity index (χ0n) is 10.1. The zero-order valence-corrected chi connectivity index (χ0v) is 11.7. The molecule has 0 unspecified atom stereocenters. The summed E-state index contributed by atoms with van der Waals surface area (Å²) in [6.45, 7) is 2.43. The Balaban J connectivity index is 2.15. The van der Waals surface area contributed by atoms with Crippen molar-refractivity contribution in [2.45, 2.75) is 19.6 Å². The molecule has 0 aliphatic carbocycles. The highest BCUT2D eigenvalue weighted by molar-refractivity contribution is 9.10. The van der Waals surface area contributed by atoms with E-state index in [0.717, 1.165) is 21.3 Å². The van der Waals surface area contributed by atoms with Gasteiger partial charge in [0.2, 0.25) is 0 Å². The molecule has 0 spiro atoms. The number of nitrogens with two attached hydrogens (primary N) is 1. The summed E-state index contributed by atoms with van der Waals surface area (Å²) in [6, 6.07) is 9.71. The molecule has 2 rings (SSSR count). The van der Waals surface area contributed by atoms with E-state index in [9.17, 15) is 0 Å². The van der Waals surface area contributed by atoms with Gasteiger partial charge in [0.15, 0.2) is 0 Å². The van der Waals surface area contributed by atoms with E-state index < -0.39 is 0 Å². The highest BCUT2D eigenvalue weighted by Crippen LogP contribution is 2.28. The molecule has 3 nitrogen and oxygen atoms in total. The van der Waals surface area contributed by atoms with Crippen LogP contribution in [0.3, 0.4) is 0 Å². The molecular formula is C14H15BrN2O. The third-order valence-corrected chi connectivity index (χ3v) is 3.08. The lowest BCUT2D eigenvalue weighted by atomic mass is 10.1. The first-order chi connectivity index (χ1) is 8.66. The van der Waals surface area contributed by atoms with Crippen molar-refractivity contribution in [1.82, 2.24) is 4.98 Å². The number of halogens is 1. The first kappa shape index (κ1) is 13.1. The number of ether oxygens (including phenoxy) is 1. The van der Waals surface area contributed by atoms with Gasteiger partial charge in [-0.3, -0.25) is 4.98 Å². The molecule has 0 saturated carbocycles. The fourth-order valence-electron chi connectivity index (χ4n) is 1.65. The van der Waals surface area contributed by atoms with Crippen LogP contribution in [0.15, 0.2) is 47.2 Å². The molecule has 4 heteroatoms. The molecule has 0 saturated heterocycles. The van der Waals surface area contributed by atoms with E-state index in [4.69, 9.17) is 10.5 Å². The van der Waals surface area contributed by atoms with Gasteiger partial charge >= 0.3 is 0 Å². The normalized spacial score (nSPS) is 12.2. The van der Waals surface area contributed by atoms with Crippen molar-refractivity contribution in [3.8, 4) is 5.75 Å². The molecule has 1 aromatic carbocycles. The third-order valence-electron chi connectivity index (χ3n) is 2.58. The number of aromatic nitrogens is 1. The zero-order chi connectivity index (χ0) is 13.0. The van der Waals surface area contributed by atoms with Crippen molar-refractivity contribution in [3.63, 3.8) is 0 Å². The van der Waals surface area contributed by atoms with Gasteiger partial charge < -0.3 is 10.5 Å². The summed E-state index contributed by atoms with van der Waals surface area (Å²) in [6.07, 6.45) is 3.54. The first-order valence-corrected chi connectivity index (χ1v) is 6.53. The lowest BCUT2D eigenvalue weighted by molar-refractivity contribution is 0.301. The summed E-state index contributed by atoms with van der Waals surface area (Å²) in [5, 5.41) is 0. The summed E-state index contributed by atoms with van der Waals surface area (Å²) in [4.78, 5) is 4.06. The molecule has 94 valence electrons. The van der Waals surface area contributed by atoms with Crippen LogP contribution in [0.4, 0.5) is 0 Å². The van der Waals surface area contributed by atoms with Crippen LogP contribution >= 0.6 is 15.9 Å². The van der Waals surface area contributed by atoms with Gasteiger partial charge in [0.05, 0.1) is 0 Å². The van der Waals surface area contributed by atoms with Crippen LogP contribution in [-0.2, 0) is 6.61 Å². The van der Waals surface area contributed by atoms with Crippen molar-refractivity contribution in [3.05, 3.63) is 58.3 Å². The third kappa shape index (κ3) is 3.31.